The van der Waals surface area contributed by atoms with Crippen LogP contribution < -0.4 is 0 Å². The van der Waals surface area contributed by atoms with Gasteiger partial charge in [-0.1, -0.05) is 45.7 Å². The molecule has 7 nitrogen and oxygen atoms in total. The molecular weight excluding hydrogens is 458 g/mol. The highest BCUT2D eigenvalue weighted by Crippen LogP contribution is 2.22. The molecule has 1 aliphatic rings. The molecule has 3 rings (SSSR count). The Morgan fingerprint density at radius 1 is 1.03 bits per heavy atom. The monoisotopic (exact) mass is 491 g/mol. The second-order valence-electron chi connectivity index (χ2n) is 9.51. The lowest BCUT2D eigenvalue weighted by molar-refractivity contribution is -0.145. The number of nitrogens with zero attached hydrogens (tertiary/aromatic N) is 5. The Kier molecular flexibility index (Phi) is 8.34. The van der Waals surface area contributed by atoms with Crippen molar-refractivity contribution >= 4 is 35.6 Å². The molecule has 2 aromatic rings. The molecule has 2 amide bonds. The number of carbonyl (C=O) groups is 2. The summed E-state index contributed by atoms with van der Waals surface area (Å²) in [5.41, 5.74) is 0.549. The van der Waals surface area contributed by atoms with Crippen LogP contribution in [-0.2, 0) is 22.7 Å². The molecule has 1 saturated heterocycles. The number of carbonyl (C=O) groups excluding carboxylic acids is 2. The van der Waals surface area contributed by atoms with Gasteiger partial charge < -0.3 is 9.80 Å². The molecular formula is C24H34ClN5O2S. The standard InChI is InChI=1S/C24H34ClN5O2S/c1-5-6-12-29-21(18-7-9-19(25)10-8-18)26-30(23(29)33)13-11-20(31)27-14-16-28(17-15-27)22(32)24(2,3)4/h7-10H,5-6,11-17H2,1-4H3. The number of piperazine rings is 1. The smallest absolute Gasteiger partial charge is 0.228 e. The van der Waals surface area contributed by atoms with Crippen molar-refractivity contribution in [1.29, 1.82) is 0 Å². The van der Waals surface area contributed by atoms with Crippen LogP contribution in [0.1, 0.15) is 47.0 Å². The van der Waals surface area contributed by atoms with E-state index in [1.54, 1.807) is 4.68 Å². The maximum Gasteiger partial charge on any atom is 0.228 e. The van der Waals surface area contributed by atoms with E-state index in [0.29, 0.717) is 48.9 Å². The van der Waals surface area contributed by atoms with E-state index in [0.717, 1.165) is 30.8 Å². The second kappa shape index (κ2) is 10.8. The molecule has 0 bridgehead atoms. The first-order valence-corrected chi connectivity index (χ1v) is 12.4. The molecule has 0 spiro atoms. The van der Waals surface area contributed by atoms with Gasteiger partial charge in [0.25, 0.3) is 0 Å². The predicted molar refractivity (Wildman–Crippen MR) is 134 cm³/mol. The highest BCUT2D eigenvalue weighted by molar-refractivity contribution is 7.71. The third-order valence-corrected chi connectivity index (χ3v) is 6.54. The normalized spacial score (nSPS) is 14.6. The van der Waals surface area contributed by atoms with Crippen LogP contribution in [0.5, 0.6) is 0 Å². The topological polar surface area (TPSA) is 63.4 Å². The fraction of sp³-hybridized carbons (Fsp3) is 0.583. The maximum absolute atomic E-state index is 12.9. The number of amides is 2. The van der Waals surface area contributed by atoms with Crippen LogP contribution in [0.3, 0.4) is 0 Å². The first-order valence-electron chi connectivity index (χ1n) is 11.6. The molecule has 0 unspecified atom stereocenters. The van der Waals surface area contributed by atoms with Gasteiger partial charge in [-0.3, -0.25) is 14.2 Å². The second-order valence-corrected chi connectivity index (χ2v) is 10.3. The van der Waals surface area contributed by atoms with Crippen molar-refractivity contribution in [3.63, 3.8) is 0 Å². The minimum atomic E-state index is -0.402. The van der Waals surface area contributed by atoms with Crippen LogP contribution in [0.2, 0.25) is 5.02 Å². The Labute approximate surface area is 206 Å². The van der Waals surface area contributed by atoms with E-state index < -0.39 is 5.41 Å². The van der Waals surface area contributed by atoms with Crippen LogP contribution in [0.25, 0.3) is 11.4 Å². The molecule has 1 aromatic carbocycles. The van der Waals surface area contributed by atoms with E-state index >= 15 is 0 Å². The zero-order valence-corrected chi connectivity index (χ0v) is 21.6. The van der Waals surface area contributed by atoms with E-state index in [1.807, 2.05) is 59.4 Å². The van der Waals surface area contributed by atoms with Crippen molar-refractivity contribution < 1.29 is 9.59 Å². The number of aromatic nitrogens is 3. The van der Waals surface area contributed by atoms with Crippen molar-refractivity contribution in [1.82, 2.24) is 24.1 Å². The average molecular weight is 492 g/mol. The summed E-state index contributed by atoms with van der Waals surface area (Å²) in [5, 5.41) is 5.42. The summed E-state index contributed by atoms with van der Waals surface area (Å²) >= 11 is 11.8. The fourth-order valence-corrected chi connectivity index (χ4v) is 4.35. The van der Waals surface area contributed by atoms with Crippen molar-refractivity contribution in [3.05, 3.63) is 34.1 Å². The highest BCUT2D eigenvalue weighted by atomic mass is 35.5. The summed E-state index contributed by atoms with van der Waals surface area (Å²) in [6.45, 7) is 11.4. The minimum absolute atomic E-state index is 0.0657. The van der Waals surface area contributed by atoms with E-state index in [9.17, 15) is 9.59 Å². The predicted octanol–water partition coefficient (Wildman–Crippen LogP) is 4.64. The molecule has 1 fully saturated rings. The fourth-order valence-electron chi connectivity index (χ4n) is 3.91. The van der Waals surface area contributed by atoms with Crippen molar-refractivity contribution in [2.75, 3.05) is 26.2 Å². The molecule has 0 aliphatic carbocycles. The molecule has 0 atom stereocenters. The molecule has 0 radical (unpaired) electrons. The first kappa shape index (κ1) is 25.4. The number of benzene rings is 1. The number of aryl methyl sites for hydroxylation is 1. The van der Waals surface area contributed by atoms with Gasteiger partial charge in [-0.05, 0) is 42.9 Å². The van der Waals surface area contributed by atoms with Gasteiger partial charge in [0.15, 0.2) is 10.6 Å². The Balaban J connectivity index is 1.66. The van der Waals surface area contributed by atoms with E-state index in [-0.39, 0.29) is 11.8 Å². The van der Waals surface area contributed by atoms with Crippen molar-refractivity contribution in [3.8, 4) is 11.4 Å². The van der Waals surface area contributed by atoms with E-state index in [4.69, 9.17) is 28.9 Å². The number of hydrogen-bond acceptors (Lipinski definition) is 4. The lowest BCUT2D eigenvalue weighted by atomic mass is 9.94. The third kappa shape index (κ3) is 6.23. The Bertz CT molecular complexity index is 1030. The molecule has 33 heavy (non-hydrogen) atoms. The molecule has 1 aliphatic heterocycles. The number of unbranched alkanes of at least 4 members (excludes halogenated alkanes) is 1. The summed E-state index contributed by atoms with van der Waals surface area (Å²) in [4.78, 5) is 29.0. The quantitative estimate of drug-likeness (QED) is 0.529. The third-order valence-electron chi connectivity index (χ3n) is 5.86. The Morgan fingerprint density at radius 3 is 2.21 bits per heavy atom. The summed E-state index contributed by atoms with van der Waals surface area (Å²) in [7, 11) is 0. The molecule has 9 heteroatoms. The Morgan fingerprint density at radius 2 is 1.64 bits per heavy atom. The molecule has 1 aromatic heterocycles. The Hall–Kier alpha value is -2.19. The first-order chi connectivity index (χ1) is 15.6. The molecule has 0 N–H and O–H groups in total. The number of rotatable bonds is 7. The largest absolute Gasteiger partial charge is 0.339 e. The van der Waals surface area contributed by atoms with Gasteiger partial charge in [-0.15, -0.1) is 0 Å². The van der Waals surface area contributed by atoms with Gasteiger partial charge in [0, 0.05) is 55.1 Å². The van der Waals surface area contributed by atoms with Gasteiger partial charge in [0.2, 0.25) is 11.8 Å². The zero-order valence-electron chi connectivity index (χ0n) is 20.0. The van der Waals surface area contributed by atoms with Crippen molar-refractivity contribution in [2.24, 2.45) is 5.41 Å². The summed E-state index contributed by atoms with van der Waals surface area (Å²) in [6.07, 6.45) is 2.37. The van der Waals surface area contributed by atoms with Crippen LogP contribution in [-0.4, -0.2) is 62.1 Å². The van der Waals surface area contributed by atoms with Crippen LogP contribution in [0.4, 0.5) is 0 Å². The average Bonchev–Trinajstić information content (AvgIpc) is 3.10. The number of hydrogen-bond donors (Lipinski definition) is 0. The molecule has 180 valence electrons. The molecule has 2 heterocycles. The van der Waals surface area contributed by atoms with Gasteiger partial charge in [0.05, 0.1) is 6.54 Å². The van der Waals surface area contributed by atoms with Crippen LogP contribution >= 0.6 is 23.8 Å². The maximum atomic E-state index is 12.9. The van der Waals surface area contributed by atoms with Gasteiger partial charge in [-0.25, -0.2) is 4.68 Å². The van der Waals surface area contributed by atoms with E-state index in [2.05, 4.69) is 6.92 Å². The van der Waals surface area contributed by atoms with Gasteiger partial charge >= 0.3 is 0 Å². The SMILES string of the molecule is CCCCn1c(-c2ccc(Cl)cc2)nn(CCC(=O)N2CCN(C(=O)C(C)(C)C)CC2)c1=S. The highest BCUT2D eigenvalue weighted by Gasteiger charge is 2.30. The van der Waals surface area contributed by atoms with Gasteiger partial charge in [0.1, 0.15) is 0 Å². The summed E-state index contributed by atoms with van der Waals surface area (Å²) in [5.74, 6) is 0.996. The molecule has 0 saturated carbocycles. The van der Waals surface area contributed by atoms with Gasteiger partial charge in [-0.2, -0.15) is 5.10 Å². The summed E-state index contributed by atoms with van der Waals surface area (Å²) in [6, 6.07) is 7.57. The minimum Gasteiger partial charge on any atom is -0.339 e. The van der Waals surface area contributed by atoms with Crippen LogP contribution in [0.15, 0.2) is 24.3 Å². The summed E-state index contributed by atoms with van der Waals surface area (Å²) < 4.78 is 4.43. The number of halogens is 1. The zero-order chi connectivity index (χ0) is 24.2. The van der Waals surface area contributed by atoms with Crippen molar-refractivity contribution in [2.45, 2.75) is 60.0 Å². The lowest BCUT2D eigenvalue weighted by Gasteiger charge is -2.37. The van der Waals surface area contributed by atoms with E-state index in [1.165, 1.54) is 0 Å². The lowest BCUT2D eigenvalue weighted by Crippen LogP contribution is -2.53. The van der Waals surface area contributed by atoms with Crippen LogP contribution in [0, 0.1) is 10.2 Å².